The quantitative estimate of drug-likeness (QED) is 0.563. The van der Waals surface area contributed by atoms with Gasteiger partial charge >= 0.3 is 17.8 Å². The second-order valence-electron chi connectivity index (χ2n) is 5.90. The molecular formula is C17H13F2N5O4. The Morgan fingerprint density at radius 2 is 2.14 bits per heavy atom. The minimum atomic E-state index is -3.29. The van der Waals surface area contributed by atoms with Gasteiger partial charge in [-0.25, -0.2) is 13.6 Å². The first-order valence-corrected chi connectivity index (χ1v) is 7.87. The molecule has 28 heavy (non-hydrogen) atoms. The van der Waals surface area contributed by atoms with Gasteiger partial charge in [-0.1, -0.05) is 0 Å². The van der Waals surface area contributed by atoms with Crippen LogP contribution in [0.15, 0.2) is 30.5 Å². The number of hydrogen-bond acceptors (Lipinski definition) is 6. The standard InChI is InChI=1S/C17H13F2N5O4/c18-11-1-2-13-10(4-11)8-24(16(26)23-13)17(27,28)15(25)22-7-14-12(19)3-9(5-20)6-21-14/h1-4,6,27-28H,7-8H2,(H,22,25)(H,23,26). The van der Waals surface area contributed by atoms with Crippen molar-refractivity contribution in [3.8, 4) is 6.07 Å². The molecule has 1 aromatic carbocycles. The lowest BCUT2D eigenvalue weighted by molar-refractivity contribution is -0.237. The zero-order chi connectivity index (χ0) is 20.5. The van der Waals surface area contributed by atoms with Crippen molar-refractivity contribution in [2.75, 3.05) is 5.32 Å². The van der Waals surface area contributed by atoms with Crippen molar-refractivity contribution in [3.63, 3.8) is 0 Å². The molecular weight excluding hydrogens is 376 g/mol. The monoisotopic (exact) mass is 389 g/mol. The molecule has 1 aliphatic heterocycles. The van der Waals surface area contributed by atoms with Crippen molar-refractivity contribution < 1.29 is 28.6 Å². The summed E-state index contributed by atoms with van der Waals surface area (Å²) in [5.41, 5.74) is 0.211. The van der Waals surface area contributed by atoms with Gasteiger partial charge in [0.2, 0.25) is 0 Å². The van der Waals surface area contributed by atoms with E-state index in [1.807, 2.05) is 0 Å². The van der Waals surface area contributed by atoms with Crippen molar-refractivity contribution in [3.05, 3.63) is 58.9 Å². The number of fused-ring (bicyclic) bond motifs is 1. The molecule has 1 aromatic heterocycles. The van der Waals surface area contributed by atoms with Crippen LogP contribution in [0, 0.1) is 23.0 Å². The van der Waals surface area contributed by atoms with E-state index in [1.54, 1.807) is 6.07 Å². The molecule has 0 saturated carbocycles. The maximum atomic E-state index is 13.8. The van der Waals surface area contributed by atoms with Gasteiger partial charge in [-0.15, -0.1) is 0 Å². The van der Waals surface area contributed by atoms with Crippen molar-refractivity contribution in [1.82, 2.24) is 15.2 Å². The number of nitrogens with zero attached hydrogens (tertiary/aromatic N) is 3. The van der Waals surface area contributed by atoms with E-state index in [1.165, 1.54) is 6.07 Å². The van der Waals surface area contributed by atoms with Crippen LogP contribution in [0.1, 0.15) is 16.8 Å². The number of pyridine rings is 1. The number of halogens is 2. The first-order valence-electron chi connectivity index (χ1n) is 7.87. The lowest BCUT2D eigenvalue weighted by atomic mass is 10.1. The largest absolute Gasteiger partial charge is 0.344 e. The van der Waals surface area contributed by atoms with Crippen LogP contribution in [-0.4, -0.2) is 37.9 Å². The Hall–Kier alpha value is -3.62. The predicted molar refractivity (Wildman–Crippen MR) is 88.9 cm³/mol. The van der Waals surface area contributed by atoms with E-state index >= 15 is 0 Å². The topological polar surface area (TPSA) is 139 Å². The van der Waals surface area contributed by atoms with E-state index in [0.717, 1.165) is 24.4 Å². The maximum Gasteiger partial charge on any atom is 0.334 e. The summed E-state index contributed by atoms with van der Waals surface area (Å²) in [7, 11) is 0. The van der Waals surface area contributed by atoms with Gasteiger partial charge in [0.1, 0.15) is 17.7 Å². The average molecular weight is 389 g/mol. The second-order valence-corrected chi connectivity index (χ2v) is 5.90. The minimum absolute atomic E-state index is 0.0258. The molecule has 0 saturated heterocycles. The number of nitriles is 1. The maximum absolute atomic E-state index is 13.8. The highest BCUT2D eigenvalue weighted by molar-refractivity contribution is 5.96. The van der Waals surface area contributed by atoms with Crippen LogP contribution in [0.2, 0.25) is 0 Å². The number of carbonyl (C=O) groups excluding carboxylic acids is 2. The highest BCUT2D eigenvalue weighted by atomic mass is 19.1. The zero-order valence-corrected chi connectivity index (χ0v) is 14.1. The molecule has 3 amide bonds. The lowest BCUT2D eigenvalue weighted by Gasteiger charge is -2.36. The highest BCUT2D eigenvalue weighted by Gasteiger charge is 2.45. The normalized spacial score (nSPS) is 13.4. The van der Waals surface area contributed by atoms with Gasteiger partial charge in [-0.05, 0) is 29.8 Å². The molecule has 2 aromatic rings. The van der Waals surface area contributed by atoms with Gasteiger partial charge in [0.05, 0.1) is 24.3 Å². The molecule has 2 heterocycles. The van der Waals surface area contributed by atoms with E-state index in [-0.39, 0.29) is 22.5 Å². The van der Waals surface area contributed by atoms with Crippen LogP contribution in [-0.2, 0) is 17.9 Å². The summed E-state index contributed by atoms with van der Waals surface area (Å²) in [5, 5.41) is 33.4. The molecule has 0 fully saturated rings. The number of amides is 3. The highest BCUT2D eigenvalue weighted by Crippen LogP contribution is 2.27. The number of urea groups is 1. The predicted octanol–water partition coefficient (Wildman–Crippen LogP) is 0.534. The summed E-state index contributed by atoms with van der Waals surface area (Å²) >= 11 is 0. The first-order chi connectivity index (χ1) is 13.2. The van der Waals surface area contributed by atoms with Crippen LogP contribution < -0.4 is 10.6 Å². The van der Waals surface area contributed by atoms with Gasteiger partial charge < -0.3 is 20.8 Å². The van der Waals surface area contributed by atoms with E-state index < -0.39 is 42.6 Å². The third-order valence-corrected chi connectivity index (χ3v) is 4.03. The summed E-state index contributed by atoms with van der Waals surface area (Å²) < 4.78 is 27.2. The van der Waals surface area contributed by atoms with Gasteiger partial charge in [-0.3, -0.25) is 14.7 Å². The Bertz CT molecular complexity index is 1010. The molecule has 0 bridgehead atoms. The first kappa shape index (κ1) is 19.2. The summed E-state index contributed by atoms with van der Waals surface area (Å²) in [5.74, 6) is -6.20. The Morgan fingerprint density at radius 1 is 1.39 bits per heavy atom. The Morgan fingerprint density at radius 3 is 2.82 bits per heavy atom. The molecule has 0 radical (unpaired) electrons. The number of aromatic nitrogens is 1. The molecule has 0 aliphatic carbocycles. The van der Waals surface area contributed by atoms with E-state index in [0.29, 0.717) is 4.90 Å². The number of anilines is 1. The lowest BCUT2D eigenvalue weighted by Crippen LogP contribution is -2.62. The fourth-order valence-corrected chi connectivity index (χ4v) is 2.55. The number of nitrogens with one attached hydrogen (secondary N) is 2. The number of rotatable bonds is 4. The zero-order valence-electron chi connectivity index (χ0n) is 14.1. The fraction of sp³-hybridized carbons (Fsp3) is 0.176. The third kappa shape index (κ3) is 3.59. The van der Waals surface area contributed by atoms with Crippen LogP contribution in [0.3, 0.4) is 0 Å². The number of benzene rings is 1. The van der Waals surface area contributed by atoms with Crippen LogP contribution >= 0.6 is 0 Å². The third-order valence-electron chi connectivity index (χ3n) is 4.03. The van der Waals surface area contributed by atoms with Crippen LogP contribution in [0.4, 0.5) is 19.3 Å². The van der Waals surface area contributed by atoms with Gasteiger partial charge in [-0.2, -0.15) is 5.26 Å². The fourth-order valence-electron chi connectivity index (χ4n) is 2.55. The molecule has 3 rings (SSSR count). The van der Waals surface area contributed by atoms with Crippen LogP contribution in [0.25, 0.3) is 0 Å². The summed E-state index contributed by atoms with van der Waals surface area (Å²) in [4.78, 5) is 28.3. The Kier molecular flexibility index (Phi) is 4.91. The molecule has 0 unspecified atom stereocenters. The van der Waals surface area contributed by atoms with Crippen molar-refractivity contribution in [2.45, 2.75) is 19.0 Å². The van der Waals surface area contributed by atoms with Crippen LogP contribution in [0.5, 0.6) is 0 Å². The van der Waals surface area contributed by atoms with Crippen molar-refractivity contribution in [2.24, 2.45) is 0 Å². The summed E-state index contributed by atoms with van der Waals surface area (Å²) in [6, 6.07) is 5.10. The summed E-state index contributed by atoms with van der Waals surface area (Å²) in [6.45, 7) is -0.983. The van der Waals surface area contributed by atoms with Crippen molar-refractivity contribution >= 4 is 17.6 Å². The van der Waals surface area contributed by atoms with Crippen molar-refractivity contribution in [1.29, 1.82) is 5.26 Å². The van der Waals surface area contributed by atoms with E-state index in [4.69, 9.17) is 5.26 Å². The Labute approximate surface area is 156 Å². The molecule has 0 atom stereocenters. The molecule has 4 N–H and O–H groups in total. The molecule has 1 aliphatic rings. The molecule has 0 spiro atoms. The van der Waals surface area contributed by atoms with E-state index in [9.17, 15) is 28.6 Å². The van der Waals surface area contributed by atoms with Gasteiger partial charge in [0, 0.05) is 11.9 Å². The molecule has 11 heteroatoms. The average Bonchev–Trinajstić information content (AvgIpc) is 2.66. The van der Waals surface area contributed by atoms with E-state index in [2.05, 4.69) is 15.6 Å². The number of carbonyl (C=O) groups is 2. The Balaban J connectivity index is 1.74. The molecule has 9 nitrogen and oxygen atoms in total. The number of hydrogen-bond donors (Lipinski definition) is 4. The smallest absolute Gasteiger partial charge is 0.334 e. The molecule has 144 valence electrons. The second kappa shape index (κ2) is 7.18. The number of aliphatic hydroxyl groups is 2. The summed E-state index contributed by atoms with van der Waals surface area (Å²) in [6.07, 6.45) is 1.08. The van der Waals surface area contributed by atoms with Gasteiger partial charge in [0.15, 0.2) is 0 Å². The SMILES string of the molecule is N#Cc1cnc(CNC(=O)C(O)(O)N2Cc3cc(F)ccc3NC2=O)c(F)c1. The minimum Gasteiger partial charge on any atom is -0.344 e. The van der Waals surface area contributed by atoms with Gasteiger partial charge in [0.25, 0.3) is 0 Å².